The third-order valence-electron chi connectivity index (χ3n) is 2.56. The number of hydrogen-bond donors (Lipinski definition) is 1. The van der Waals surface area contributed by atoms with Crippen LogP contribution in [0.1, 0.15) is 17.2 Å². The first-order valence-electron chi connectivity index (χ1n) is 5.29. The van der Waals surface area contributed by atoms with E-state index < -0.39 is 6.10 Å². The first kappa shape index (κ1) is 13.3. The summed E-state index contributed by atoms with van der Waals surface area (Å²) in [6.07, 6.45) is 0.911. The molecule has 0 aliphatic heterocycles. The van der Waals surface area contributed by atoms with Gasteiger partial charge in [-0.25, -0.2) is 9.37 Å². The number of nitrogens with zero attached hydrogens (tertiary/aromatic N) is 1. The normalized spacial score (nSPS) is 12.4. The van der Waals surface area contributed by atoms with Gasteiger partial charge in [0.15, 0.2) is 0 Å². The van der Waals surface area contributed by atoms with Crippen LogP contribution in [0.25, 0.3) is 0 Å². The van der Waals surface area contributed by atoms with E-state index in [1.807, 2.05) is 0 Å². The van der Waals surface area contributed by atoms with E-state index in [1.165, 1.54) is 24.4 Å². The fourth-order valence-electron chi connectivity index (χ4n) is 1.61. The standard InChI is InChI=1S/C13H10Cl2FNO/c14-11-3-2-10(16)5-9(11)6-12(18)8-1-4-13(15)17-7-8/h1-5,7,12,18H,6H2. The van der Waals surface area contributed by atoms with Crippen LogP contribution in [-0.4, -0.2) is 10.1 Å². The number of benzene rings is 1. The zero-order chi connectivity index (χ0) is 13.1. The molecule has 2 aromatic rings. The molecule has 1 heterocycles. The lowest BCUT2D eigenvalue weighted by Crippen LogP contribution is -2.03. The molecule has 0 saturated heterocycles. The summed E-state index contributed by atoms with van der Waals surface area (Å²) in [6, 6.07) is 7.33. The quantitative estimate of drug-likeness (QED) is 0.870. The number of aliphatic hydroxyl groups excluding tert-OH is 1. The van der Waals surface area contributed by atoms with E-state index in [0.29, 0.717) is 21.3 Å². The summed E-state index contributed by atoms with van der Waals surface area (Å²) in [5.74, 6) is -0.379. The van der Waals surface area contributed by atoms with Crippen LogP contribution >= 0.6 is 23.2 Å². The summed E-state index contributed by atoms with van der Waals surface area (Å²) in [6.45, 7) is 0. The molecule has 0 radical (unpaired) electrons. The van der Waals surface area contributed by atoms with Crippen LogP contribution < -0.4 is 0 Å². The maximum absolute atomic E-state index is 13.1. The molecule has 2 nitrogen and oxygen atoms in total. The van der Waals surface area contributed by atoms with Gasteiger partial charge >= 0.3 is 0 Å². The van der Waals surface area contributed by atoms with Crippen molar-refractivity contribution in [2.24, 2.45) is 0 Å². The maximum atomic E-state index is 13.1. The lowest BCUT2D eigenvalue weighted by molar-refractivity contribution is 0.178. The molecule has 2 rings (SSSR count). The SMILES string of the molecule is OC(Cc1cc(F)ccc1Cl)c1ccc(Cl)nc1. The van der Waals surface area contributed by atoms with E-state index in [0.717, 1.165) is 0 Å². The molecule has 0 amide bonds. The maximum Gasteiger partial charge on any atom is 0.129 e. The van der Waals surface area contributed by atoms with E-state index >= 15 is 0 Å². The monoisotopic (exact) mass is 285 g/mol. The summed E-state index contributed by atoms with van der Waals surface area (Å²) in [5.41, 5.74) is 1.17. The van der Waals surface area contributed by atoms with Gasteiger partial charge in [0.2, 0.25) is 0 Å². The van der Waals surface area contributed by atoms with Gasteiger partial charge < -0.3 is 5.11 Å². The first-order valence-corrected chi connectivity index (χ1v) is 6.05. The Morgan fingerprint density at radius 3 is 2.67 bits per heavy atom. The van der Waals surface area contributed by atoms with Gasteiger partial charge in [-0.15, -0.1) is 0 Å². The number of aliphatic hydroxyl groups is 1. The molecule has 0 aliphatic rings. The molecule has 1 unspecified atom stereocenters. The van der Waals surface area contributed by atoms with E-state index in [1.54, 1.807) is 12.1 Å². The van der Waals surface area contributed by atoms with Gasteiger partial charge in [-0.3, -0.25) is 0 Å². The Labute approximate surface area is 114 Å². The van der Waals surface area contributed by atoms with Crippen LogP contribution in [0.3, 0.4) is 0 Å². The number of rotatable bonds is 3. The Morgan fingerprint density at radius 1 is 1.22 bits per heavy atom. The van der Waals surface area contributed by atoms with Crippen molar-refractivity contribution in [1.82, 2.24) is 4.98 Å². The highest BCUT2D eigenvalue weighted by Crippen LogP contribution is 2.24. The molecule has 0 spiro atoms. The minimum atomic E-state index is -0.797. The van der Waals surface area contributed by atoms with Crippen molar-refractivity contribution in [3.05, 3.63) is 63.6 Å². The van der Waals surface area contributed by atoms with Crippen molar-refractivity contribution in [3.63, 3.8) is 0 Å². The fraction of sp³-hybridized carbons (Fsp3) is 0.154. The molecule has 0 fully saturated rings. The number of halogens is 3. The Kier molecular flexibility index (Phi) is 4.17. The van der Waals surface area contributed by atoms with Crippen molar-refractivity contribution in [1.29, 1.82) is 0 Å². The van der Waals surface area contributed by atoms with E-state index in [4.69, 9.17) is 23.2 Å². The fourth-order valence-corrected chi connectivity index (χ4v) is 1.92. The summed E-state index contributed by atoms with van der Waals surface area (Å²) in [5, 5.41) is 10.8. The largest absolute Gasteiger partial charge is 0.388 e. The Balaban J connectivity index is 2.18. The van der Waals surface area contributed by atoms with Crippen molar-refractivity contribution in [3.8, 4) is 0 Å². The highest BCUT2D eigenvalue weighted by Gasteiger charge is 2.12. The molecule has 1 aromatic carbocycles. The van der Waals surface area contributed by atoms with Crippen LogP contribution in [-0.2, 0) is 6.42 Å². The van der Waals surface area contributed by atoms with Crippen LogP contribution in [0.5, 0.6) is 0 Å². The summed E-state index contributed by atoms with van der Waals surface area (Å²) >= 11 is 11.6. The average Bonchev–Trinajstić information content (AvgIpc) is 2.34. The van der Waals surface area contributed by atoms with Crippen molar-refractivity contribution < 1.29 is 9.50 Å². The van der Waals surface area contributed by atoms with Gasteiger partial charge in [0, 0.05) is 17.6 Å². The number of aromatic nitrogens is 1. The van der Waals surface area contributed by atoms with Gasteiger partial charge in [0.25, 0.3) is 0 Å². The van der Waals surface area contributed by atoms with Crippen molar-refractivity contribution in [2.75, 3.05) is 0 Å². The Morgan fingerprint density at radius 2 is 2.00 bits per heavy atom. The lowest BCUT2D eigenvalue weighted by Gasteiger charge is -2.12. The van der Waals surface area contributed by atoms with Gasteiger partial charge in [0.1, 0.15) is 11.0 Å². The van der Waals surface area contributed by atoms with Gasteiger partial charge in [-0.05, 0) is 35.4 Å². The first-order chi connectivity index (χ1) is 8.56. The molecular weight excluding hydrogens is 276 g/mol. The molecular formula is C13H10Cl2FNO. The molecule has 1 atom stereocenters. The second-order valence-electron chi connectivity index (χ2n) is 3.87. The number of pyridine rings is 1. The predicted molar refractivity (Wildman–Crippen MR) is 69.3 cm³/mol. The van der Waals surface area contributed by atoms with E-state index in [2.05, 4.69) is 4.98 Å². The van der Waals surface area contributed by atoms with Crippen molar-refractivity contribution in [2.45, 2.75) is 12.5 Å². The zero-order valence-electron chi connectivity index (χ0n) is 9.28. The molecule has 1 N–H and O–H groups in total. The van der Waals surface area contributed by atoms with Gasteiger partial charge in [-0.2, -0.15) is 0 Å². The molecule has 1 aromatic heterocycles. The van der Waals surface area contributed by atoms with E-state index in [-0.39, 0.29) is 12.2 Å². The molecule has 18 heavy (non-hydrogen) atoms. The highest BCUT2D eigenvalue weighted by molar-refractivity contribution is 6.31. The summed E-state index contributed by atoms with van der Waals surface area (Å²) in [4.78, 5) is 3.88. The molecule has 5 heteroatoms. The van der Waals surface area contributed by atoms with Gasteiger partial charge in [0.05, 0.1) is 6.10 Å². The van der Waals surface area contributed by atoms with Crippen LogP contribution in [0, 0.1) is 5.82 Å². The van der Waals surface area contributed by atoms with Gasteiger partial charge in [-0.1, -0.05) is 29.3 Å². The summed E-state index contributed by atoms with van der Waals surface area (Å²) < 4.78 is 13.1. The Hall–Kier alpha value is -1.16. The third kappa shape index (κ3) is 3.19. The van der Waals surface area contributed by atoms with Crippen LogP contribution in [0.2, 0.25) is 10.2 Å². The highest BCUT2D eigenvalue weighted by atomic mass is 35.5. The minimum Gasteiger partial charge on any atom is -0.388 e. The third-order valence-corrected chi connectivity index (χ3v) is 3.15. The smallest absolute Gasteiger partial charge is 0.129 e. The number of hydrogen-bond acceptors (Lipinski definition) is 2. The average molecular weight is 286 g/mol. The molecule has 0 aliphatic carbocycles. The zero-order valence-corrected chi connectivity index (χ0v) is 10.8. The van der Waals surface area contributed by atoms with Crippen LogP contribution in [0.15, 0.2) is 36.5 Å². The Bertz CT molecular complexity index is 545. The molecule has 94 valence electrons. The predicted octanol–water partition coefficient (Wildman–Crippen LogP) is 3.80. The second kappa shape index (κ2) is 5.65. The minimum absolute atomic E-state index is 0.222. The summed E-state index contributed by atoms with van der Waals surface area (Å²) in [7, 11) is 0. The second-order valence-corrected chi connectivity index (χ2v) is 4.66. The topological polar surface area (TPSA) is 33.1 Å². The molecule has 0 bridgehead atoms. The lowest BCUT2D eigenvalue weighted by atomic mass is 10.0. The van der Waals surface area contributed by atoms with E-state index in [9.17, 15) is 9.50 Å². The van der Waals surface area contributed by atoms with Crippen molar-refractivity contribution >= 4 is 23.2 Å². The molecule has 0 saturated carbocycles. The van der Waals surface area contributed by atoms with Crippen LogP contribution in [0.4, 0.5) is 4.39 Å².